The first-order chi connectivity index (χ1) is 2.50. The van der Waals surface area contributed by atoms with Crippen molar-refractivity contribution < 1.29 is 0 Å². The lowest BCUT2D eigenvalue weighted by molar-refractivity contribution is 1.37. The Morgan fingerprint density at radius 1 is 1.80 bits per heavy atom. The molecule has 1 N–H and O–H groups in total. The second-order valence-electron chi connectivity index (χ2n) is 0.698. The highest BCUT2D eigenvalue weighted by Gasteiger charge is 1.85. The van der Waals surface area contributed by atoms with Crippen LogP contribution in [-0.2, 0) is 0 Å². The fraction of sp³-hybridized carbons (Fsp3) is 0. The average Bonchev–Trinajstić information content (AvgIpc) is 1.76. The summed E-state index contributed by atoms with van der Waals surface area (Å²) in [4.78, 5) is 3.54. The van der Waals surface area contributed by atoms with Crippen LogP contribution in [-0.4, -0.2) is 6.34 Å². The van der Waals surface area contributed by atoms with Gasteiger partial charge in [-0.1, -0.05) is 0 Å². The molecule has 1 aliphatic heterocycles. The molecule has 24 valence electrons. The van der Waals surface area contributed by atoms with Crippen molar-refractivity contribution in [2.45, 2.75) is 0 Å². The van der Waals surface area contributed by atoms with Crippen LogP contribution in [0, 0.1) is 6.20 Å². The average molecular weight is 67.1 g/mol. The van der Waals surface area contributed by atoms with E-state index in [1.807, 2.05) is 0 Å². The molecule has 0 fully saturated rings. The maximum atomic E-state index is 3.54. The Hall–Kier alpha value is -0.790. The molecule has 0 aromatic carbocycles. The summed E-state index contributed by atoms with van der Waals surface area (Å²) in [5.74, 6) is 0. The van der Waals surface area contributed by atoms with Crippen LogP contribution in [0.2, 0.25) is 0 Å². The van der Waals surface area contributed by atoms with Gasteiger partial charge in [-0.15, -0.1) is 0 Å². The molecule has 1 rings (SSSR count). The van der Waals surface area contributed by atoms with Gasteiger partial charge in [-0.25, -0.2) is 5.32 Å². The second kappa shape index (κ2) is 0.885. The summed E-state index contributed by atoms with van der Waals surface area (Å²) in [5, 5.41) is 2.69. The van der Waals surface area contributed by atoms with Crippen LogP contribution in [0.25, 0.3) is 0 Å². The van der Waals surface area contributed by atoms with Crippen LogP contribution in [0.5, 0.6) is 0 Å². The van der Waals surface area contributed by atoms with Gasteiger partial charge < -0.3 is 0 Å². The zero-order chi connectivity index (χ0) is 3.54. The first-order valence-electron chi connectivity index (χ1n) is 1.35. The third kappa shape index (κ3) is 0.265. The van der Waals surface area contributed by atoms with Crippen LogP contribution in [0.1, 0.15) is 0 Å². The summed E-state index contributed by atoms with van der Waals surface area (Å²) in [6.07, 6.45) is 5.76. The summed E-state index contributed by atoms with van der Waals surface area (Å²) in [7, 11) is 0. The first-order valence-corrected chi connectivity index (χ1v) is 1.35. The minimum atomic E-state index is 1.57. The van der Waals surface area contributed by atoms with Crippen molar-refractivity contribution in [3.8, 4) is 0 Å². The SMILES string of the molecule is [C]1=CNC=[N+]1. The maximum absolute atomic E-state index is 3.54. The van der Waals surface area contributed by atoms with Crippen LogP contribution < -0.4 is 10.3 Å². The number of nitrogens with one attached hydrogen (secondary N) is 1. The van der Waals surface area contributed by atoms with Gasteiger partial charge in [0, 0.05) is 0 Å². The van der Waals surface area contributed by atoms with Gasteiger partial charge in [-0.2, -0.15) is 0 Å². The van der Waals surface area contributed by atoms with Crippen molar-refractivity contribution in [1.29, 1.82) is 0 Å². The molecule has 0 aromatic heterocycles. The second-order valence-corrected chi connectivity index (χ2v) is 0.698. The molecule has 0 aliphatic carbocycles. The van der Waals surface area contributed by atoms with E-state index in [2.05, 4.69) is 16.5 Å². The van der Waals surface area contributed by atoms with Gasteiger partial charge in [-0.05, 0) is 4.99 Å². The van der Waals surface area contributed by atoms with Gasteiger partial charge in [0.05, 0.1) is 0 Å². The van der Waals surface area contributed by atoms with Crippen LogP contribution in [0.3, 0.4) is 0 Å². The first kappa shape index (κ1) is 2.45. The predicted octanol–water partition coefficient (Wildman–Crippen LogP) is -0.772. The third-order valence-corrected chi connectivity index (χ3v) is 0.362. The van der Waals surface area contributed by atoms with E-state index >= 15 is 0 Å². The summed E-state index contributed by atoms with van der Waals surface area (Å²) < 4.78 is 0. The predicted molar refractivity (Wildman–Crippen MR) is 19.1 cm³/mol. The van der Waals surface area contributed by atoms with E-state index in [0.717, 1.165) is 0 Å². The number of rotatable bonds is 0. The quantitative estimate of drug-likeness (QED) is 0.395. The molecule has 5 heavy (non-hydrogen) atoms. The summed E-state index contributed by atoms with van der Waals surface area (Å²) in [6, 6.07) is 0. The minimum Gasteiger partial charge on any atom is -0.246 e. The van der Waals surface area contributed by atoms with Crippen molar-refractivity contribution in [2.75, 3.05) is 0 Å². The van der Waals surface area contributed by atoms with Crippen molar-refractivity contribution in [2.24, 2.45) is 0 Å². The van der Waals surface area contributed by atoms with Crippen molar-refractivity contribution in [1.82, 2.24) is 10.3 Å². The Morgan fingerprint density at radius 3 is 3.00 bits per heavy atom. The zero-order valence-electron chi connectivity index (χ0n) is 2.60. The van der Waals surface area contributed by atoms with Gasteiger partial charge in [-0.3, -0.25) is 0 Å². The molecule has 1 heterocycles. The molecule has 0 unspecified atom stereocenters. The molecule has 2 radical (unpaired) electrons. The van der Waals surface area contributed by atoms with Gasteiger partial charge in [0.1, 0.15) is 6.20 Å². The molecule has 0 saturated carbocycles. The Balaban J connectivity index is 2.61. The molecular weight excluding hydrogens is 64.0 g/mol. The zero-order valence-corrected chi connectivity index (χ0v) is 2.60. The molecule has 0 amide bonds. The molecule has 0 bridgehead atoms. The van der Waals surface area contributed by atoms with Crippen LogP contribution in [0.4, 0.5) is 0 Å². The van der Waals surface area contributed by atoms with Gasteiger partial charge in [0.2, 0.25) is 0 Å². The molecule has 0 spiro atoms. The van der Waals surface area contributed by atoms with E-state index in [9.17, 15) is 0 Å². The van der Waals surface area contributed by atoms with E-state index in [4.69, 9.17) is 0 Å². The topological polar surface area (TPSA) is 26.1 Å². The fourth-order valence-electron chi connectivity index (χ4n) is 0.186. The Labute approximate surface area is 30.2 Å². The number of hydrogen-bond donors (Lipinski definition) is 1. The highest BCUT2D eigenvalue weighted by molar-refractivity contribution is 5.56. The Kier molecular flexibility index (Phi) is 0.433. The lowest BCUT2D eigenvalue weighted by Crippen LogP contribution is -1.94. The van der Waals surface area contributed by atoms with Crippen molar-refractivity contribution in [3.05, 3.63) is 12.4 Å². The number of hydrogen-bond acceptors (Lipinski definition) is 2. The van der Waals surface area contributed by atoms with E-state index in [1.54, 1.807) is 12.5 Å². The van der Waals surface area contributed by atoms with Crippen molar-refractivity contribution >= 4 is 6.34 Å². The maximum Gasteiger partial charge on any atom is 0.285 e. The van der Waals surface area contributed by atoms with E-state index in [1.165, 1.54) is 0 Å². The number of aliphatic imine (C=N–C) groups is 1. The van der Waals surface area contributed by atoms with Crippen LogP contribution >= 0.6 is 0 Å². The third-order valence-electron chi connectivity index (χ3n) is 0.362. The highest BCUT2D eigenvalue weighted by atomic mass is 15.0. The smallest absolute Gasteiger partial charge is 0.246 e. The molecule has 1 aliphatic rings. The van der Waals surface area contributed by atoms with Gasteiger partial charge in [0.25, 0.3) is 12.5 Å². The van der Waals surface area contributed by atoms with E-state index < -0.39 is 0 Å². The fourth-order valence-corrected chi connectivity index (χ4v) is 0.186. The lowest BCUT2D eigenvalue weighted by Gasteiger charge is -1.53. The number of nitrogens with zero attached hydrogens (tertiary/aromatic N) is 1. The summed E-state index contributed by atoms with van der Waals surface area (Å²) in [5.41, 5.74) is 0. The van der Waals surface area contributed by atoms with Gasteiger partial charge in [0.15, 0.2) is 0 Å². The molecule has 0 aromatic rings. The van der Waals surface area contributed by atoms with Crippen LogP contribution in [0.15, 0.2) is 6.20 Å². The van der Waals surface area contributed by atoms with E-state index in [-0.39, 0.29) is 0 Å². The lowest BCUT2D eigenvalue weighted by atomic mass is 11.0. The molecule has 0 atom stereocenters. The van der Waals surface area contributed by atoms with Crippen molar-refractivity contribution in [3.63, 3.8) is 0 Å². The largest absolute Gasteiger partial charge is 0.285 e. The Bertz CT molecular complexity index is 63.0. The standard InChI is InChI=1S/C3H3N2/c1-2-5-3-4-1/h1,3-4H/q+1. The molecule has 2 heteroatoms. The van der Waals surface area contributed by atoms with E-state index in [0.29, 0.717) is 0 Å². The molecule has 0 saturated heterocycles. The Morgan fingerprint density at radius 2 is 2.80 bits per heavy atom. The summed E-state index contributed by atoms with van der Waals surface area (Å²) in [6.45, 7) is 0. The normalized spacial score (nSPS) is 16.0. The molecule has 2 nitrogen and oxygen atoms in total. The summed E-state index contributed by atoms with van der Waals surface area (Å²) >= 11 is 0. The molecular formula is C3H3N2+. The van der Waals surface area contributed by atoms with Gasteiger partial charge >= 0.3 is 0 Å². The highest BCUT2D eigenvalue weighted by Crippen LogP contribution is 1.56. The minimum absolute atomic E-state index is 1.57. The monoisotopic (exact) mass is 67.0 g/mol.